The monoisotopic (exact) mass is 833 g/mol. The lowest BCUT2D eigenvalue weighted by Crippen LogP contribution is -2.77. The maximum absolute atomic E-state index is 14.4. The van der Waals surface area contributed by atoms with E-state index in [2.05, 4.69) is 24.9 Å². The van der Waals surface area contributed by atoms with Crippen LogP contribution in [0.5, 0.6) is 5.75 Å². The van der Waals surface area contributed by atoms with Crippen molar-refractivity contribution in [1.29, 1.82) is 5.26 Å². The van der Waals surface area contributed by atoms with Crippen LogP contribution in [-0.4, -0.2) is 117 Å². The average molecular weight is 834 g/mol. The topological polar surface area (TPSA) is 186 Å². The number of ether oxygens (including phenoxy) is 1. The molecule has 3 atom stereocenters. The number of likely N-dealkylation sites (tertiary alicyclic amines) is 1. The molecule has 1 aromatic heterocycles. The predicted octanol–water partition coefficient (Wildman–Crippen LogP) is 4.28. The number of piperidine rings is 3. The molecule has 0 unspecified atom stereocenters. The summed E-state index contributed by atoms with van der Waals surface area (Å²) in [5.41, 5.74) is 5.85. The number of aromatic nitrogens is 2. The first kappa shape index (κ1) is 39.8. The number of primary amides is 1. The maximum Gasteiger partial charge on any atom is 0.269 e. The Morgan fingerprint density at radius 1 is 0.900 bits per heavy atom. The van der Waals surface area contributed by atoms with Crippen LogP contribution in [0.25, 0.3) is 0 Å². The third kappa shape index (κ3) is 6.37. The number of benzene rings is 2. The normalized spacial score (nSPS) is 27.3. The highest BCUT2D eigenvalue weighted by Gasteiger charge is 2.68. The number of carbonyl (C=O) groups is 5. The zero-order valence-corrected chi connectivity index (χ0v) is 34.9. The largest absolute Gasteiger partial charge is 0.489 e. The van der Waals surface area contributed by atoms with Gasteiger partial charge in [0.05, 0.1) is 27.8 Å². The van der Waals surface area contributed by atoms with Crippen LogP contribution < -0.4 is 20.3 Å². The van der Waals surface area contributed by atoms with E-state index in [0.717, 1.165) is 68.4 Å². The maximum atomic E-state index is 14.4. The van der Waals surface area contributed by atoms with Crippen LogP contribution in [0.15, 0.2) is 48.5 Å². The molecule has 15 nitrogen and oxygen atoms in total. The van der Waals surface area contributed by atoms with Crippen molar-refractivity contribution >= 4 is 52.6 Å². The van der Waals surface area contributed by atoms with Gasteiger partial charge in [0.1, 0.15) is 24.0 Å². The van der Waals surface area contributed by atoms with Gasteiger partial charge in [0.25, 0.3) is 23.6 Å². The van der Waals surface area contributed by atoms with E-state index < -0.39 is 52.6 Å². The number of amides is 5. The van der Waals surface area contributed by atoms with Gasteiger partial charge in [-0.25, -0.2) is 0 Å². The molecule has 312 valence electrons. The fourth-order valence-electron chi connectivity index (χ4n) is 11.5. The first-order chi connectivity index (χ1) is 28.6. The number of rotatable bonds is 9. The molecule has 0 radical (unpaired) electrons. The number of imide groups is 2. The summed E-state index contributed by atoms with van der Waals surface area (Å²) >= 11 is 6.28. The molecule has 16 heteroatoms. The molecule has 5 saturated heterocycles. The molecule has 0 spiro atoms. The summed E-state index contributed by atoms with van der Waals surface area (Å²) in [4.78, 5) is 77.0. The molecule has 10 rings (SSSR count). The van der Waals surface area contributed by atoms with Crippen molar-refractivity contribution in [2.45, 2.75) is 90.1 Å². The van der Waals surface area contributed by atoms with E-state index in [0.29, 0.717) is 29.3 Å². The lowest BCUT2D eigenvalue weighted by Gasteiger charge is -2.65. The van der Waals surface area contributed by atoms with Gasteiger partial charge in [-0.2, -0.15) is 5.26 Å². The highest BCUT2D eigenvalue weighted by molar-refractivity contribution is 6.31. The van der Waals surface area contributed by atoms with Crippen molar-refractivity contribution < 1.29 is 28.7 Å². The zero-order valence-electron chi connectivity index (χ0n) is 34.1. The second-order valence-corrected chi connectivity index (χ2v) is 18.8. The van der Waals surface area contributed by atoms with Crippen molar-refractivity contribution in [2.75, 3.05) is 42.5 Å². The summed E-state index contributed by atoms with van der Waals surface area (Å²) in [5.74, 6) is -0.734. The second kappa shape index (κ2) is 14.6. The molecular formula is C44H48ClN9O6. The van der Waals surface area contributed by atoms with Crippen molar-refractivity contribution in [3.05, 3.63) is 75.9 Å². The Kier molecular flexibility index (Phi) is 9.66. The van der Waals surface area contributed by atoms with E-state index in [9.17, 15) is 29.2 Å². The molecule has 7 heterocycles. The van der Waals surface area contributed by atoms with E-state index in [4.69, 9.17) is 22.1 Å². The number of nitrogens with two attached hydrogens (primary N) is 1. The van der Waals surface area contributed by atoms with Gasteiger partial charge in [-0.3, -0.25) is 38.7 Å². The highest BCUT2D eigenvalue weighted by atomic mass is 35.5. The summed E-state index contributed by atoms with van der Waals surface area (Å²) < 4.78 is 6.41. The second-order valence-electron chi connectivity index (χ2n) is 18.4. The SMILES string of the molecule is CC1(C)C(Oc2ccc(C#N)c(Cl)c2)C(C)(C)C1N1C(=O)CC[C@@H](N2C(=O)c3ccc(N4[C@@H]5C[C@@H]4CN(CC4CCN(c6ccc(C(N)=O)nn6)CC4)C5)cc3C2=O)C1=O. The number of nitriles is 1. The molecule has 2 N–H and O–H groups in total. The van der Waals surface area contributed by atoms with Gasteiger partial charge in [0.15, 0.2) is 11.5 Å². The summed E-state index contributed by atoms with van der Waals surface area (Å²) in [5, 5.41) is 17.7. The van der Waals surface area contributed by atoms with Gasteiger partial charge in [-0.15, -0.1) is 10.2 Å². The average Bonchev–Trinajstić information content (AvgIpc) is 3.46. The Morgan fingerprint density at radius 2 is 1.60 bits per heavy atom. The Hall–Kier alpha value is -5.59. The number of piperazine rings is 1. The molecule has 1 aliphatic carbocycles. The van der Waals surface area contributed by atoms with Crippen molar-refractivity contribution in [2.24, 2.45) is 22.5 Å². The smallest absolute Gasteiger partial charge is 0.269 e. The minimum absolute atomic E-state index is 0.0160. The van der Waals surface area contributed by atoms with E-state index >= 15 is 0 Å². The number of anilines is 2. The third-order valence-electron chi connectivity index (χ3n) is 13.9. The van der Waals surface area contributed by atoms with Gasteiger partial charge in [-0.1, -0.05) is 39.3 Å². The fourth-order valence-corrected chi connectivity index (χ4v) is 11.7. The first-order valence-electron chi connectivity index (χ1n) is 20.7. The van der Waals surface area contributed by atoms with E-state index in [1.165, 1.54) is 4.90 Å². The molecular weight excluding hydrogens is 786 g/mol. The van der Waals surface area contributed by atoms with Crippen LogP contribution in [0.3, 0.4) is 0 Å². The Balaban J connectivity index is 0.837. The van der Waals surface area contributed by atoms with Gasteiger partial charge >= 0.3 is 0 Å². The summed E-state index contributed by atoms with van der Waals surface area (Å²) in [6, 6.07) is 14.6. The third-order valence-corrected chi connectivity index (χ3v) is 14.2. The van der Waals surface area contributed by atoms with E-state index in [1.807, 2.05) is 45.9 Å². The van der Waals surface area contributed by atoms with Crippen molar-refractivity contribution in [1.82, 2.24) is 24.9 Å². The molecule has 5 amide bonds. The zero-order chi connectivity index (χ0) is 42.4. The first-order valence-corrected chi connectivity index (χ1v) is 21.1. The van der Waals surface area contributed by atoms with Crippen LogP contribution in [0.2, 0.25) is 5.02 Å². The molecule has 60 heavy (non-hydrogen) atoms. The molecule has 3 aromatic rings. The number of fused-ring (bicyclic) bond motifs is 3. The van der Waals surface area contributed by atoms with Crippen molar-refractivity contribution in [3.8, 4) is 11.8 Å². The lowest BCUT2D eigenvalue weighted by atomic mass is 9.48. The standard InChI is InChI=1S/C44H48ClN9O6/c1-43(2)41(44(3,4)42(43)60-29-7-5-25(20-46)32(45)19-29)54-36(55)12-10-34(40(54)59)53-38(57)30-8-6-26(18-31(30)39(53)58)52-27-17-28(52)23-50(22-27)21-24-13-15-51(16-14-24)35-11-9-33(37(47)56)48-49-35/h5-9,11,18-19,24,27-28,34,41-42H,10,12-17,21-23H2,1-4H3,(H2,47,56)/t27-,28-,34-,41?,42?/m1/s1. The van der Waals surface area contributed by atoms with E-state index in [-0.39, 0.29) is 40.6 Å². The minimum Gasteiger partial charge on any atom is -0.489 e. The Bertz CT molecular complexity index is 2330. The van der Waals surface area contributed by atoms with Crippen LogP contribution >= 0.6 is 11.6 Å². The number of carbonyl (C=O) groups excluding carboxylic acids is 5. The van der Waals surface area contributed by atoms with Gasteiger partial charge < -0.3 is 20.3 Å². The summed E-state index contributed by atoms with van der Waals surface area (Å²) in [6.45, 7) is 12.3. The molecule has 7 aliphatic rings. The summed E-state index contributed by atoms with van der Waals surface area (Å²) in [6.07, 6.45) is 2.77. The number of halogens is 1. The predicted molar refractivity (Wildman–Crippen MR) is 220 cm³/mol. The summed E-state index contributed by atoms with van der Waals surface area (Å²) in [7, 11) is 0. The van der Waals surface area contributed by atoms with Crippen LogP contribution in [-0.2, 0) is 9.59 Å². The van der Waals surface area contributed by atoms with Gasteiger partial charge in [0.2, 0.25) is 5.91 Å². The van der Waals surface area contributed by atoms with Gasteiger partial charge in [0, 0.05) is 73.8 Å². The molecule has 6 fully saturated rings. The minimum atomic E-state index is -1.11. The highest BCUT2D eigenvalue weighted by Crippen LogP contribution is 2.59. The Morgan fingerprint density at radius 3 is 2.23 bits per heavy atom. The van der Waals surface area contributed by atoms with Crippen molar-refractivity contribution in [3.63, 3.8) is 0 Å². The molecule has 6 aliphatic heterocycles. The quantitative estimate of drug-likeness (QED) is 0.302. The number of hydrogen-bond donors (Lipinski definition) is 1. The lowest BCUT2D eigenvalue weighted by molar-refractivity contribution is -0.216. The number of nitrogens with zero attached hydrogens (tertiary/aromatic N) is 8. The van der Waals surface area contributed by atoms with Crippen LogP contribution in [0.1, 0.15) is 96.6 Å². The molecule has 2 aromatic carbocycles. The number of hydrogen-bond acceptors (Lipinski definition) is 12. The molecule has 1 saturated carbocycles. The Labute approximate surface area is 353 Å². The van der Waals surface area contributed by atoms with Crippen LogP contribution in [0, 0.1) is 28.1 Å². The van der Waals surface area contributed by atoms with Crippen LogP contribution in [0.4, 0.5) is 11.5 Å². The van der Waals surface area contributed by atoms with Gasteiger partial charge in [-0.05, 0) is 74.1 Å². The van der Waals surface area contributed by atoms with E-state index in [1.54, 1.807) is 36.4 Å². The fraction of sp³-hybridized carbons (Fsp3) is 0.500. The molecule has 2 bridgehead atoms.